The topological polar surface area (TPSA) is 91.2 Å². The standard InChI is InChI=1S/C16H15IN2O4/c1-9(12-5-4-11(20)8-14(12)21)18-19-16(22)10-3-6-15(23-2)13(17)7-10/h3-8,20-21H,1-2H3,(H,19,22)/b18-9+. The van der Waals surface area contributed by atoms with E-state index in [9.17, 15) is 15.0 Å². The third kappa shape index (κ3) is 4.13. The van der Waals surface area contributed by atoms with E-state index in [1.54, 1.807) is 32.2 Å². The first kappa shape index (κ1) is 17.1. The molecule has 0 radical (unpaired) electrons. The van der Waals surface area contributed by atoms with Crippen molar-refractivity contribution in [2.75, 3.05) is 7.11 Å². The Bertz CT molecular complexity index is 775. The van der Waals surface area contributed by atoms with Crippen molar-refractivity contribution >= 4 is 34.2 Å². The van der Waals surface area contributed by atoms with Crippen LogP contribution in [0.25, 0.3) is 0 Å². The van der Waals surface area contributed by atoms with E-state index in [2.05, 4.69) is 33.1 Å². The second kappa shape index (κ2) is 7.32. The van der Waals surface area contributed by atoms with Crippen molar-refractivity contribution < 1.29 is 19.7 Å². The third-order valence-corrected chi connectivity index (χ3v) is 3.95. The molecular weight excluding hydrogens is 411 g/mol. The van der Waals surface area contributed by atoms with Crippen LogP contribution in [0.3, 0.4) is 0 Å². The number of hydrazone groups is 1. The number of nitrogens with zero attached hydrogens (tertiary/aromatic N) is 1. The Balaban J connectivity index is 2.15. The van der Waals surface area contributed by atoms with Crippen LogP contribution in [-0.4, -0.2) is 28.9 Å². The molecule has 2 rings (SSSR count). The van der Waals surface area contributed by atoms with Crippen LogP contribution in [0.15, 0.2) is 41.5 Å². The number of carbonyl (C=O) groups is 1. The zero-order chi connectivity index (χ0) is 17.0. The first-order chi connectivity index (χ1) is 10.9. The van der Waals surface area contributed by atoms with E-state index in [4.69, 9.17) is 4.74 Å². The Morgan fingerprint density at radius 3 is 2.57 bits per heavy atom. The second-order valence-corrected chi connectivity index (χ2v) is 5.85. The highest BCUT2D eigenvalue weighted by atomic mass is 127. The third-order valence-electron chi connectivity index (χ3n) is 3.11. The molecule has 6 nitrogen and oxygen atoms in total. The number of phenols is 2. The number of benzene rings is 2. The van der Waals surface area contributed by atoms with E-state index in [1.165, 1.54) is 18.2 Å². The highest BCUT2D eigenvalue weighted by Gasteiger charge is 2.10. The summed E-state index contributed by atoms with van der Waals surface area (Å²) in [6, 6.07) is 9.20. The van der Waals surface area contributed by atoms with Crippen LogP contribution in [0, 0.1) is 3.57 Å². The molecule has 0 aliphatic rings. The number of amides is 1. The van der Waals surface area contributed by atoms with Gasteiger partial charge in [-0.2, -0.15) is 5.10 Å². The lowest BCUT2D eigenvalue weighted by Gasteiger charge is -2.07. The van der Waals surface area contributed by atoms with Gasteiger partial charge in [0, 0.05) is 17.2 Å². The van der Waals surface area contributed by atoms with Crippen molar-refractivity contribution in [3.8, 4) is 17.2 Å². The van der Waals surface area contributed by atoms with Crippen LogP contribution in [0.4, 0.5) is 0 Å². The van der Waals surface area contributed by atoms with Gasteiger partial charge in [0.05, 0.1) is 16.4 Å². The molecular formula is C16H15IN2O4. The molecule has 0 heterocycles. The van der Waals surface area contributed by atoms with Gasteiger partial charge in [-0.1, -0.05) is 0 Å². The lowest BCUT2D eigenvalue weighted by Crippen LogP contribution is -2.19. The van der Waals surface area contributed by atoms with E-state index in [-0.39, 0.29) is 17.4 Å². The summed E-state index contributed by atoms with van der Waals surface area (Å²) in [5.41, 5.74) is 3.72. The summed E-state index contributed by atoms with van der Waals surface area (Å²) in [7, 11) is 1.56. The quantitative estimate of drug-likeness (QED) is 0.399. The van der Waals surface area contributed by atoms with Gasteiger partial charge >= 0.3 is 0 Å². The van der Waals surface area contributed by atoms with Gasteiger partial charge in [-0.05, 0) is 59.8 Å². The average Bonchev–Trinajstić information content (AvgIpc) is 2.52. The minimum absolute atomic E-state index is 0.0455. The van der Waals surface area contributed by atoms with Gasteiger partial charge in [0.15, 0.2) is 0 Å². The fourth-order valence-electron chi connectivity index (χ4n) is 1.89. The number of halogens is 1. The fraction of sp³-hybridized carbons (Fsp3) is 0.125. The van der Waals surface area contributed by atoms with Crippen molar-refractivity contribution in [3.63, 3.8) is 0 Å². The Labute approximate surface area is 146 Å². The maximum Gasteiger partial charge on any atom is 0.271 e. The molecule has 0 unspecified atom stereocenters. The number of rotatable bonds is 4. The van der Waals surface area contributed by atoms with E-state index in [1.807, 2.05) is 0 Å². The van der Waals surface area contributed by atoms with E-state index in [0.717, 1.165) is 3.57 Å². The van der Waals surface area contributed by atoms with Crippen molar-refractivity contribution in [2.24, 2.45) is 5.10 Å². The monoisotopic (exact) mass is 426 g/mol. The molecule has 0 aliphatic heterocycles. The predicted molar refractivity (Wildman–Crippen MR) is 95.2 cm³/mol. The Kier molecular flexibility index (Phi) is 5.43. The van der Waals surface area contributed by atoms with Gasteiger partial charge in [0.25, 0.3) is 5.91 Å². The normalized spacial score (nSPS) is 11.2. The lowest BCUT2D eigenvalue weighted by molar-refractivity contribution is 0.0954. The van der Waals surface area contributed by atoms with Crippen LogP contribution in [0.2, 0.25) is 0 Å². The summed E-state index contributed by atoms with van der Waals surface area (Å²) >= 11 is 2.08. The summed E-state index contributed by atoms with van der Waals surface area (Å²) in [6.45, 7) is 1.64. The molecule has 120 valence electrons. The molecule has 2 aromatic carbocycles. The SMILES string of the molecule is COc1ccc(C(=O)N/N=C(\C)c2ccc(O)cc2O)cc1I. The average molecular weight is 426 g/mol. The summed E-state index contributed by atoms with van der Waals surface area (Å²) in [5, 5.41) is 23.0. The smallest absolute Gasteiger partial charge is 0.271 e. The van der Waals surface area contributed by atoms with Crippen molar-refractivity contribution in [1.82, 2.24) is 5.43 Å². The number of methoxy groups -OCH3 is 1. The molecule has 0 aliphatic carbocycles. The van der Waals surface area contributed by atoms with Crippen molar-refractivity contribution in [1.29, 1.82) is 0 Å². The maximum atomic E-state index is 12.1. The van der Waals surface area contributed by atoms with Crippen molar-refractivity contribution in [2.45, 2.75) is 6.92 Å². The minimum Gasteiger partial charge on any atom is -0.508 e. The Morgan fingerprint density at radius 2 is 1.96 bits per heavy atom. The number of phenolic OH excluding ortho intramolecular Hbond substituents is 2. The molecule has 0 spiro atoms. The summed E-state index contributed by atoms with van der Waals surface area (Å²) in [6.07, 6.45) is 0. The number of hydrogen-bond donors (Lipinski definition) is 3. The van der Waals surface area contributed by atoms with Crippen LogP contribution in [0.1, 0.15) is 22.8 Å². The fourth-order valence-corrected chi connectivity index (χ4v) is 2.63. The zero-order valence-electron chi connectivity index (χ0n) is 12.5. The molecule has 23 heavy (non-hydrogen) atoms. The number of ether oxygens (including phenoxy) is 1. The highest BCUT2D eigenvalue weighted by molar-refractivity contribution is 14.1. The molecule has 0 aromatic heterocycles. The molecule has 0 saturated heterocycles. The Morgan fingerprint density at radius 1 is 1.22 bits per heavy atom. The zero-order valence-corrected chi connectivity index (χ0v) is 14.7. The predicted octanol–water partition coefficient (Wildman–Crippen LogP) is 2.87. The number of nitrogens with one attached hydrogen (secondary N) is 1. The van der Waals surface area contributed by atoms with Crippen LogP contribution < -0.4 is 10.2 Å². The van der Waals surface area contributed by atoms with Gasteiger partial charge in [-0.15, -0.1) is 0 Å². The summed E-state index contributed by atoms with van der Waals surface area (Å²) in [4.78, 5) is 12.1. The van der Waals surface area contributed by atoms with Gasteiger partial charge in [-0.25, -0.2) is 5.43 Å². The molecule has 2 aromatic rings. The summed E-state index contributed by atoms with van der Waals surface area (Å²) < 4.78 is 5.96. The van der Waals surface area contributed by atoms with E-state index >= 15 is 0 Å². The number of aromatic hydroxyl groups is 2. The van der Waals surface area contributed by atoms with Crippen LogP contribution in [-0.2, 0) is 0 Å². The molecule has 3 N–H and O–H groups in total. The second-order valence-electron chi connectivity index (χ2n) is 4.69. The Hall–Kier alpha value is -2.29. The highest BCUT2D eigenvalue weighted by Crippen LogP contribution is 2.23. The van der Waals surface area contributed by atoms with Gasteiger partial charge in [0.1, 0.15) is 17.2 Å². The lowest BCUT2D eigenvalue weighted by atomic mass is 10.1. The maximum absolute atomic E-state index is 12.1. The van der Waals surface area contributed by atoms with Gasteiger partial charge in [0.2, 0.25) is 0 Å². The largest absolute Gasteiger partial charge is 0.508 e. The van der Waals surface area contributed by atoms with Crippen LogP contribution in [0.5, 0.6) is 17.2 Å². The van der Waals surface area contributed by atoms with Gasteiger partial charge in [-0.3, -0.25) is 4.79 Å². The number of hydrogen-bond acceptors (Lipinski definition) is 5. The van der Waals surface area contributed by atoms with E-state index in [0.29, 0.717) is 22.6 Å². The van der Waals surface area contributed by atoms with Gasteiger partial charge < -0.3 is 14.9 Å². The molecule has 0 saturated carbocycles. The summed E-state index contributed by atoms with van der Waals surface area (Å²) in [5.74, 6) is 0.162. The molecule has 1 amide bonds. The minimum atomic E-state index is -0.372. The molecule has 0 bridgehead atoms. The first-order valence-electron chi connectivity index (χ1n) is 6.63. The molecule has 0 fully saturated rings. The number of carbonyl (C=O) groups excluding carboxylic acids is 1. The van der Waals surface area contributed by atoms with Crippen molar-refractivity contribution in [3.05, 3.63) is 51.1 Å². The van der Waals surface area contributed by atoms with Crippen LogP contribution >= 0.6 is 22.6 Å². The first-order valence-corrected chi connectivity index (χ1v) is 7.70. The molecule has 0 atom stereocenters. The van der Waals surface area contributed by atoms with E-state index < -0.39 is 0 Å². The molecule has 7 heteroatoms.